The molecule has 0 radical (unpaired) electrons. The van der Waals surface area contributed by atoms with Gasteiger partial charge in [-0.1, -0.05) is 12.1 Å². The van der Waals surface area contributed by atoms with E-state index in [-0.39, 0.29) is 18.0 Å². The topological polar surface area (TPSA) is 59.6 Å². The van der Waals surface area contributed by atoms with E-state index in [0.29, 0.717) is 5.69 Å². The maximum absolute atomic E-state index is 12.3. The van der Waals surface area contributed by atoms with Crippen molar-refractivity contribution >= 4 is 17.3 Å². The second-order valence-electron chi connectivity index (χ2n) is 4.85. The average Bonchev–Trinajstić information content (AvgIpc) is 2.54. The van der Waals surface area contributed by atoms with Crippen LogP contribution in [0.2, 0.25) is 0 Å². The fraction of sp³-hybridized carbons (Fsp3) is 0.188. The second-order valence-corrected chi connectivity index (χ2v) is 4.85. The Morgan fingerprint density at radius 2 is 1.69 bits per heavy atom. The van der Waals surface area contributed by atoms with Gasteiger partial charge in [0.25, 0.3) is 0 Å². The molecule has 0 aliphatic rings. The largest absolute Gasteiger partial charge is 0.573 e. The van der Waals surface area contributed by atoms with Gasteiger partial charge in [-0.15, -0.1) is 13.2 Å². The molecule has 0 aromatic heterocycles. The van der Waals surface area contributed by atoms with Gasteiger partial charge in [-0.05, 0) is 36.4 Å². The van der Waals surface area contributed by atoms with E-state index in [9.17, 15) is 26.7 Å². The summed E-state index contributed by atoms with van der Waals surface area (Å²) in [5.74, 6) is -1.11. The molecule has 1 amide bonds. The number of para-hydroxylation sites is 2. The predicted molar refractivity (Wildman–Crippen MR) is 83.3 cm³/mol. The minimum atomic E-state index is -4.86. The number of ether oxygens (including phenoxy) is 2. The third-order valence-electron chi connectivity index (χ3n) is 2.92. The minimum absolute atomic E-state index is 0.0133. The summed E-state index contributed by atoms with van der Waals surface area (Å²) in [5, 5.41) is 4.99. The summed E-state index contributed by atoms with van der Waals surface area (Å²) in [4.78, 5) is 11.9. The molecule has 2 N–H and O–H groups in total. The van der Waals surface area contributed by atoms with Gasteiger partial charge in [-0.25, -0.2) is 0 Å². The number of alkyl halides is 5. The van der Waals surface area contributed by atoms with Crippen molar-refractivity contribution < 1.29 is 36.2 Å². The predicted octanol–water partition coefficient (Wildman–Crippen LogP) is 4.24. The van der Waals surface area contributed by atoms with E-state index < -0.39 is 24.6 Å². The highest BCUT2D eigenvalue weighted by molar-refractivity contribution is 5.94. The molecule has 0 saturated carbocycles. The number of hydrogen-bond acceptors (Lipinski definition) is 4. The molecule has 0 atom stereocenters. The van der Waals surface area contributed by atoms with Crippen molar-refractivity contribution in [1.82, 2.24) is 0 Å². The van der Waals surface area contributed by atoms with Crippen LogP contribution in [0, 0.1) is 0 Å². The maximum Gasteiger partial charge on any atom is 0.573 e. The summed E-state index contributed by atoms with van der Waals surface area (Å²) >= 11 is 0. The van der Waals surface area contributed by atoms with Gasteiger partial charge < -0.3 is 20.1 Å². The number of anilines is 2. The first-order valence-corrected chi connectivity index (χ1v) is 7.16. The van der Waals surface area contributed by atoms with Crippen molar-refractivity contribution in [3.63, 3.8) is 0 Å². The third kappa shape index (κ3) is 6.46. The van der Waals surface area contributed by atoms with Gasteiger partial charge in [0, 0.05) is 5.69 Å². The molecule has 140 valence electrons. The molecule has 0 spiro atoms. The highest BCUT2D eigenvalue weighted by atomic mass is 19.4. The number of nitrogens with one attached hydrogen (secondary N) is 2. The van der Waals surface area contributed by atoms with Gasteiger partial charge in [-0.2, -0.15) is 8.78 Å². The van der Waals surface area contributed by atoms with Crippen molar-refractivity contribution in [1.29, 1.82) is 0 Å². The van der Waals surface area contributed by atoms with Gasteiger partial charge >= 0.3 is 13.0 Å². The van der Waals surface area contributed by atoms with Gasteiger partial charge in [0.1, 0.15) is 5.75 Å². The van der Waals surface area contributed by atoms with Crippen molar-refractivity contribution in [3.05, 3.63) is 48.5 Å². The molecule has 0 aliphatic carbocycles. The van der Waals surface area contributed by atoms with Gasteiger partial charge in [0.2, 0.25) is 5.91 Å². The van der Waals surface area contributed by atoms with E-state index >= 15 is 0 Å². The summed E-state index contributed by atoms with van der Waals surface area (Å²) in [7, 11) is 0. The van der Waals surface area contributed by atoms with E-state index in [1.807, 2.05) is 0 Å². The zero-order chi connectivity index (χ0) is 19.2. The van der Waals surface area contributed by atoms with E-state index in [1.54, 1.807) is 0 Å². The van der Waals surface area contributed by atoms with Crippen LogP contribution in [-0.4, -0.2) is 25.4 Å². The Balaban J connectivity index is 1.91. The van der Waals surface area contributed by atoms with E-state index in [1.165, 1.54) is 42.5 Å². The highest BCUT2D eigenvalue weighted by Crippen LogP contribution is 2.29. The second kappa shape index (κ2) is 8.37. The molecule has 0 heterocycles. The van der Waals surface area contributed by atoms with Crippen LogP contribution in [0.4, 0.5) is 33.3 Å². The number of carbonyl (C=O) groups is 1. The fourth-order valence-corrected chi connectivity index (χ4v) is 1.93. The molecule has 5 nitrogen and oxygen atoms in total. The Morgan fingerprint density at radius 3 is 2.31 bits per heavy atom. The molecular weight excluding hydrogens is 363 g/mol. The summed E-state index contributed by atoms with van der Waals surface area (Å²) in [6.07, 6.45) is -4.86. The number of halogens is 5. The van der Waals surface area contributed by atoms with Crippen LogP contribution in [0.15, 0.2) is 48.5 Å². The standard InChI is InChI=1S/C16H13F5N2O3/c17-15(18)25-11-7-5-10(6-8-11)23-14(24)9-22-12-3-1-2-4-13(12)26-16(19,20)21/h1-8,15,22H,9H2,(H,23,24). The quantitative estimate of drug-likeness (QED) is 0.710. The van der Waals surface area contributed by atoms with E-state index in [0.717, 1.165) is 6.07 Å². The molecule has 26 heavy (non-hydrogen) atoms. The SMILES string of the molecule is O=C(CNc1ccccc1OC(F)(F)F)Nc1ccc(OC(F)F)cc1. The lowest BCUT2D eigenvalue weighted by Gasteiger charge is -2.14. The number of hydrogen-bond donors (Lipinski definition) is 2. The third-order valence-corrected chi connectivity index (χ3v) is 2.92. The molecule has 0 fully saturated rings. The summed E-state index contributed by atoms with van der Waals surface area (Å²) in [6.45, 7) is -3.30. The normalized spacial score (nSPS) is 11.2. The first-order valence-electron chi connectivity index (χ1n) is 7.16. The molecule has 2 rings (SSSR count). The average molecular weight is 376 g/mol. The minimum Gasteiger partial charge on any atom is -0.435 e. The molecule has 10 heteroatoms. The van der Waals surface area contributed by atoms with Gasteiger partial charge in [0.15, 0.2) is 5.75 Å². The maximum atomic E-state index is 12.3. The Bertz CT molecular complexity index is 735. The summed E-state index contributed by atoms with van der Waals surface area (Å²) in [6, 6.07) is 10.4. The van der Waals surface area contributed by atoms with E-state index in [4.69, 9.17) is 0 Å². The molecule has 0 aliphatic heterocycles. The zero-order valence-electron chi connectivity index (χ0n) is 13.0. The Labute approximate surface area is 144 Å². The lowest BCUT2D eigenvalue weighted by atomic mass is 10.3. The first-order chi connectivity index (χ1) is 12.2. The van der Waals surface area contributed by atoms with Crippen LogP contribution in [0.3, 0.4) is 0 Å². The number of amides is 1. The van der Waals surface area contributed by atoms with Gasteiger partial charge in [0.05, 0.1) is 12.2 Å². The first kappa shape index (κ1) is 19.3. The number of carbonyl (C=O) groups excluding carboxylic acids is 1. The van der Waals surface area contributed by atoms with Crippen LogP contribution in [0.1, 0.15) is 0 Å². The lowest BCUT2D eigenvalue weighted by Crippen LogP contribution is -2.23. The van der Waals surface area contributed by atoms with Crippen molar-refractivity contribution in [2.45, 2.75) is 13.0 Å². The van der Waals surface area contributed by atoms with Crippen LogP contribution < -0.4 is 20.1 Å². The summed E-state index contributed by atoms with van der Waals surface area (Å²) in [5.41, 5.74) is 0.291. The van der Waals surface area contributed by atoms with Crippen molar-refractivity contribution in [2.24, 2.45) is 0 Å². The molecule has 2 aromatic rings. The zero-order valence-corrected chi connectivity index (χ0v) is 13.0. The molecule has 0 unspecified atom stereocenters. The Hall–Kier alpha value is -3.04. The number of rotatable bonds is 7. The molecule has 0 bridgehead atoms. The monoisotopic (exact) mass is 376 g/mol. The van der Waals surface area contributed by atoms with E-state index in [2.05, 4.69) is 20.1 Å². The summed E-state index contributed by atoms with van der Waals surface area (Å²) < 4.78 is 69.1. The smallest absolute Gasteiger partial charge is 0.435 e. The van der Waals surface area contributed by atoms with Crippen LogP contribution in [0.25, 0.3) is 0 Å². The van der Waals surface area contributed by atoms with Crippen LogP contribution in [-0.2, 0) is 4.79 Å². The Morgan fingerprint density at radius 1 is 1.04 bits per heavy atom. The van der Waals surface area contributed by atoms with Gasteiger partial charge in [-0.3, -0.25) is 4.79 Å². The van der Waals surface area contributed by atoms with Crippen LogP contribution >= 0.6 is 0 Å². The highest BCUT2D eigenvalue weighted by Gasteiger charge is 2.32. The molecule has 2 aromatic carbocycles. The fourth-order valence-electron chi connectivity index (χ4n) is 1.93. The van der Waals surface area contributed by atoms with Crippen LogP contribution in [0.5, 0.6) is 11.5 Å². The Kier molecular flexibility index (Phi) is 6.21. The molecular formula is C16H13F5N2O3. The lowest BCUT2D eigenvalue weighted by molar-refractivity contribution is -0.274. The number of benzene rings is 2. The van der Waals surface area contributed by atoms with Crippen molar-refractivity contribution in [3.8, 4) is 11.5 Å². The molecule has 0 saturated heterocycles. The van der Waals surface area contributed by atoms with Crippen molar-refractivity contribution in [2.75, 3.05) is 17.2 Å².